The van der Waals surface area contributed by atoms with Gasteiger partial charge in [0.2, 0.25) is 0 Å². The highest BCUT2D eigenvalue weighted by Gasteiger charge is 2.22. The lowest BCUT2D eigenvalue weighted by molar-refractivity contribution is 0.193. The molecule has 0 atom stereocenters. The predicted molar refractivity (Wildman–Crippen MR) is 82.1 cm³/mol. The average Bonchev–Trinajstić information content (AvgIpc) is 2.47. The summed E-state index contributed by atoms with van der Waals surface area (Å²) in [6.45, 7) is 3.48. The number of nitrogens with zero attached hydrogens (tertiary/aromatic N) is 3. The molecule has 122 valence electrons. The molecule has 0 unspecified atom stereocenters. The van der Waals surface area contributed by atoms with Gasteiger partial charge in [0.15, 0.2) is 0 Å². The van der Waals surface area contributed by atoms with E-state index in [1.807, 2.05) is 23.9 Å². The fourth-order valence-electron chi connectivity index (χ4n) is 2.39. The van der Waals surface area contributed by atoms with Crippen molar-refractivity contribution in [2.45, 2.75) is 0 Å². The monoisotopic (exact) mass is 312 g/mol. The highest BCUT2D eigenvalue weighted by atomic mass is 19.1. The first-order valence-electron chi connectivity index (χ1n) is 7.35. The van der Waals surface area contributed by atoms with Gasteiger partial charge in [0.25, 0.3) is 0 Å². The van der Waals surface area contributed by atoms with Crippen LogP contribution in [0.3, 0.4) is 0 Å². The number of piperazine rings is 1. The molecule has 0 spiro atoms. The number of halogens is 2. The van der Waals surface area contributed by atoms with Crippen molar-refractivity contribution in [3.05, 3.63) is 29.8 Å². The largest absolute Gasteiger partial charge is 0.366 e. The van der Waals surface area contributed by atoms with Crippen molar-refractivity contribution in [1.29, 1.82) is 0 Å². The minimum Gasteiger partial charge on any atom is -0.366 e. The van der Waals surface area contributed by atoms with Crippen LogP contribution in [0.25, 0.3) is 0 Å². The fraction of sp³-hybridized carbons (Fsp3) is 0.533. The van der Waals surface area contributed by atoms with Crippen LogP contribution in [-0.4, -0.2) is 69.2 Å². The zero-order valence-corrected chi connectivity index (χ0v) is 13.0. The third-order valence-corrected chi connectivity index (χ3v) is 3.65. The molecule has 1 fully saturated rings. The SMILES string of the molecule is CN(C)CCNC(=O)N1CCN(c2ccc(F)cc2F)CC1. The number of anilines is 1. The second-order valence-corrected chi connectivity index (χ2v) is 5.61. The lowest BCUT2D eigenvalue weighted by Crippen LogP contribution is -2.52. The summed E-state index contributed by atoms with van der Waals surface area (Å²) in [5.41, 5.74) is 0.383. The summed E-state index contributed by atoms with van der Waals surface area (Å²) < 4.78 is 26.7. The minimum absolute atomic E-state index is 0.0962. The van der Waals surface area contributed by atoms with Crippen molar-refractivity contribution in [3.63, 3.8) is 0 Å². The highest BCUT2D eigenvalue weighted by molar-refractivity contribution is 5.74. The normalized spacial score (nSPS) is 15.3. The van der Waals surface area contributed by atoms with Gasteiger partial charge >= 0.3 is 6.03 Å². The minimum atomic E-state index is -0.583. The Labute approximate surface area is 129 Å². The van der Waals surface area contributed by atoms with E-state index in [0.717, 1.165) is 12.6 Å². The van der Waals surface area contributed by atoms with Gasteiger partial charge in [-0.05, 0) is 26.2 Å². The zero-order valence-electron chi connectivity index (χ0n) is 13.0. The average molecular weight is 312 g/mol. The Balaban J connectivity index is 1.83. The fourth-order valence-corrected chi connectivity index (χ4v) is 2.39. The van der Waals surface area contributed by atoms with E-state index in [-0.39, 0.29) is 6.03 Å². The van der Waals surface area contributed by atoms with E-state index in [1.54, 1.807) is 4.90 Å². The number of amides is 2. The van der Waals surface area contributed by atoms with Crippen LogP contribution in [0.1, 0.15) is 0 Å². The van der Waals surface area contributed by atoms with Gasteiger partial charge in [-0.25, -0.2) is 13.6 Å². The van der Waals surface area contributed by atoms with E-state index < -0.39 is 11.6 Å². The second kappa shape index (κ2) is 7.40. The third-order valence-electron chi connectivity index (χ3n) is 3.65. The maximum atomic E-state index is 13.8. The van der Waals surface area contributed by atoms with Crippen molar-refractivity contribution < 1.29 is 13.6 Å². The Kier molecular flexibility index (Phi) is 5.54. The van der Waals surface area contributed by atoms with Crippen LogP contribution in [0.2, 0.25) is 0 Å². The lowest BCUT2D eigenvalue weighted by Gasteiger charge is -2.36. The number of rotatable bonds is 4. The molecule has 1 aromatic rings. The number of carbonyl (C=O) groups is 1. The Morgan fingerprint density at radius 1 is 1.23 bits per heavy atom. The first-order chi connectivity index (χ1) is 10.5. The van der Waals surface area contributed by atoms with Gasteiger partial charge in [-0.15, -0.1) is 0 Å². The number of nitrogens with one attached hydrogen (secondary N) is 1. The van der Waals surface area contributed by atoms with Crippen molar-refractivity contribution in [1.82, 2.24) is 15.1 Å². The molecule has 0 radical (unpaired) electrons. The molecule has 1 aliphatic rings. The predicted octanol–water partition coefficient (Wildman–Crippen LogP) is 1.36. The summed E-state index contributed by atoms with van der Waals surface area (Å²) in [6, 6.07) is 3.48. The van der Waals surface area contributed by atoms with Gasteiger partial charge < -0.3 is 20.0 Å². The Hall–Kier alpha value is -1.89. The molecule has 7 heteroatoms. The topological polar surface area (TPSA) is 38.8 Å². The molecule has 0 aromatic heterocycles. The molecule has 0 saturated carbocycles. The van der Waals surface area contributed by atoms with E-state index in [4.69, 9.17) is 0 Å². The molecule has 0 aliphatic carbocycles. The number of carbonyl (C=O) groups excluding carboxylic acids is 1. The number of urea groups is 1. The van der Waals surface area contributed by atoms with Crippen LogP contribution in [0, 0.1) is 11.6 Å². The Bertz CT molecular complexity index is 516. The van der Waals surface area contributed by atoms with Gasteiger partial charge in [-0.3, -0.25) is 0 Å². The first kappa shape index (κ1) is 16.5. The summed E-state index contributed by atoms with van der Waals surface area (Å²) in [5.74, 6) is -1.15. The molecule has 5 nitrogen and oxygen atoms in total. The third kappa shape index (κ3) is 4.30. The van der Waals surface area contributed by atoms with Gasteiger partial charge in [0.05, 0.1) is 5.69 Å². The summed E-state index contributed by atoms with van der Waals surface area (Å²) in [4.78, 5) is 17.5. The van der Waals surface area contributed by atoms with Gasteiger partial charge in [0.1, 0.15) is 11.6 Å². The van der Waals surface area contributed by atoms with E-state index in [1.165, 1.54) is 12.1 Å². The van der Waals surface area contributed by atoms with E-state index in [2.05, 4.69) is 5.32 Å². The number of benzene rings is 1. The molecule has 22 heavy (non-hydrogen) atoms. The molecule has 1 saturated heterocycles. The quantitative estimate of drug-likeness (QED) is 0.912. The standard InChI is InChI=1S/C15H22F2N4O/c1-19(2)6-5-18-15(22)21-9-7-20(8-10-21)14-4-3-12(16)11-13(14)17/h3-4,11H,5-10H2,1-2H3,(H,18,22). The summed E-state index contributed by atoms with van der Waals surface area (Å²) in [5, 5.41) is 2.86. The maximum absolute atomic E-state index is 13.8. The van der Waals surface area contributed by atoms with Crippen molar-refractivity contribution >= 4 is 11.7 Å². The second-order valence-electron chi connectivity index (χ2n) is 5.61. The maximum Gasteiger partial charge on any atom is 0.317 e. The van der Waals surface area contributed by atoms with Crippen LogP contribution in [0.15, 0.2) is 18.2 Å². The van der Waals surface area contributed by atoms with Crippen LogP contribution in [0.4, 0.5) is 19.3 Å². The number of hydrogen-bond acceptors (Lipinski definition) is 3. The van der Waals surface area contributed by atoms with Crippen molar-refractivity contribution in [3.8, 4) is 0 Å². The summed E-state index contributed by atoms with van der Waals surface area (Å²) in [7, 11) is 3.89. The zero-order chi connectivity index (χ0) is 16.1. The smallest absolute Gasteiger partial charge is 0.317 e. The van der Waals surface area contributed by atoms with Crippen molar-refractivity contribution in [2.75, 3.05) is 58.3 Å². The van der Waals surface area contributed by atoms with Crippen LogP contribution < -0.4 is 10.2 Å². The molecule has 1 aromatic carbocycles. The van der Waals surface area contributed by atoms with Crippen LogP contribution in [0.5, 0.6) is 0 Å². The molecule has 2 rings (SSSR count). The van der Waals surface area contributed by atoms with Crippen LogP contribution in [-0.2, 0) is 0 Å². The lowest BCUT2D eigenvalue weighted by atomic mass is 10.2. The highest BCUT2D eigenvalue weighted by Crippen LogP contribution is 2.21. The van der Waals surface area contributed by atoms with Gasteiger partial charge in [0, 0.05) is 45.3 Å². The van der Waals surface area contributed by atoms with E-state index in [0.29, 0.717) is 38.4 Å². The molecule has 2 amide bonds. The number of likely N-dealkylation sites (N-methyl/N-ethyl adjacent to an activating group) is 1. The molecule has 1 heterocycles. The van der Waals surface area contributed by atoms with Gasteiger partial charge in [-0.1, -0.05) is 0 Å². The number of hydrogen-bond donors (Lipinski definition) is 1. The van der Waals surface area contributed by atoms with Crippen LogP contribution >= 0.6 is 0 Å². The van der Waals surface area contributed by atoms with Gasteiger partial charge in [-0.2, -0.15) is 0 Å². The first-order valence-corrected chi connectivity index (χ1v) is 7.35. The summed E-state index contributed by atoms with van der Waals surface area (Å²) in [6.07, 6.45) is 0. The van der Waals surface area contributed by atoms with E-state index >= 15 is 0 Å². The van der Waals surface area contributed by atoms with E-state index in [9.17, 15) is 13.6 Å². The summed E-state index contributed by atoms with van der Waals surface area (Å²) >= 11 is 0. The molecule has 1 aliphatic heterocycles. The molecule has 0 bridgehead atoms. The molecule has 1 N–H and O–H groups in total. The Morgan fingerprint density at radius 3 is 2.50 bits per heavy atom. The molecular weight excluding hydrogens is 290 g/mol. The molecular formula is C15H22F2N4O. The van der Waals surface area contributed by atoms with Crippen molar-refractivity contribution in [2.24, 2.45) is 0 Å². The Morgan fingerprint density at radius 2 is 1.91 bits per heavy atom.